The third-order valence-electron chi connectivity index (χ3n) is 5.87. The second-order valence-corrected chi connectivity index (χ2v) is 8.46. The smallest absolute Gasteiger partial charge is 0.457 e. The summed E-state index contributed by atoms with van der Waals surface area (Å²) in [4.78, 5) is 2.08. The topological polar surface area (TPSA) is 41.9 Å². The molecule has 0 aromatic heterocycles. The van der Waals surface area contributed by atoms with Crippen LogP contribution in [0.25, 0.3) is 0 Å². The number of rotatable bonds is 6. The van der Waals surface area contributed by atoms with Gasteiger partial charge in [-0.2, -0.15) is 0 Å². The van der Waals surface area contributed by atoms with Gasteiger partial charge in [0.05, 0.1) is 0 Å². The third kappa shape index (κ3) is 4.31. The molecule has 0 radical (unpaired) electrons. The highest BCUT2D eigenvalue weighted by Gasteiger charge is 2.55. The highest BCUT2D eigenvalue weighted by Crippen LogP contribution is 2.50. The fourth-order valence-corrected chi connectivity index (χ4v) is 4.52. The molecule has 1 heterocycles. The summed E-state index contributed by atoms with van der Waals surface area (Å²) in [6.07, 6.45) is -4.77. The quantitative estimate of drug-likeness (QED) is 0.541. The number of alkyl halides is 3. The molecule has 168 valence electrons. The number of halogens is 3. The minimum atomic E-state index is -4.77. The molecule has 1 aliphatic rings. The molecule has 4 rings (SSSR count). The van der Waals surface area contributed by atoms with E-state index in [9.17, 15) is 18.3 Å². The van der Waals surface area contributed by atoms with Crippen molar-refractivity contribution in [2.45, 2.75) is 18.9 Å². The van der Waals surface area contributed by atoms with Gasteiger partial charge in [0.15, 0.2) is 0 Å². The molecule has 0 bridgehead atoms. The minimum absolute atomic E-state index is 0.328. The van der Waals surface area contributed by atoms with Gasteiger partial charge in [0.1, 0.15) is 22.8 Å². The predicted octanol–water partition coefficient (Wildman–Crippen LogP) is 5.57. The van der Waals surface area contributed by atoms with E-state index in [-0.39, 0.29) is 5.75 Å². The lowest BCUT2D eigenvalue weighted by atomic mass is 9.62. The summed E-state index contributed by atoms with van der Waals surface area (Å²) in [6, 6.07) is 21.9. The number of benzene rings is 3. The van der Waals surface area contributed by atoms with Crippen molar-refractivity contribution in [1.29, 1.82) is 0 Å². The van der Waals surface area contributed by atoms with Crippen molar-refractivity contribution in [3.8, 4) is 17.2 Å². The summed E-state index contributed by atoms with van der Waals surface area (Å²) in [6.45, 7) is 3.24. The van der Waals surface area contributed by atoms with Crippen molar-refractivity contribution in [1.82, 2.24) is 4.90 Å². The van der Waals surface area contributed by atoms with Gasteiger partial charge < -0.3 is 19.5 Å². The van der Waals surface area contributed by atoms with Crippen molar-refractivity contribution in [3.05, 3.63) is 90.0 Å². The average molecular weight is 443 g/mol. The summed E-state index contributed by atoms with van der Waals surface area (Å²) in [7, 11) is 1.96. The van der Waals surface area contributed by atoms with Crippen molar-refractivity contribution >= 4 is 0 Å². The van der Waals surface area contributed by atoms with Crippen LogP contribution in [0, 0.1) is 5.41 Å². The van der Waals surface area contributed by atoms with E-state index in [1.807, 2.05) is 44.3 Å². The Hall–Kier alpha value is -3.03. The lowest BCUT2D eigenvalue weighted by molar-refractivity contribution is -0.274. The number of likely N-dealkylation sites (tertiary alicyclic amines) is 1. The van der Waals surface area contributed by atoms with Crippen molar-refractivity contribution < 1.29 is 27.8 Å². The Morgan fingerprint density at radius 1 is 0.781 bits per heavy atom. The molecule has 1 fully saturated rings. The van der Waals surface area contributed by atoms with Crippen LogP contribution >= 0.6 is 0 Å². The van der Waals surface area contributed by atoms with E-state index in [0.717, 1.165) is 0 Å². The van der Waals surface area contributed by atoms with Crippen LogP contribution in [0.2, 0.25) is 0 Å². The molecule has 0 amide bonds. The summed E-state index contributed by atoms with van der Waals surface area (Å²) in [5.74, 6) is 0.988. The molecule has 1 aliphatic heterocycles. The van der Waals surface area contributed by atoms with Crippen LogP contribution in [0.15, 0.2) is 78.9 Å². The molecule has 3 aromatic carbocycles. The van der Waals surface area contributed by atoms with E-state index < -0.39 is 17.4 Å². The number of hydrogen-bond donors (Lipinski definition) is 1. The van der Waals surface area contributed by atoms with Crippen LogP contribution in [-0.2, 0) is 5.60 Å². The fourth-order valence-electron chi connectivity index (χ4n) is 4.52. The zero-order valence-electron chi connectivity index (χ0n) is 17.8. The molecule has 1 saturated heterocycles. The maximum Gasteiger partial charge on any atom is 0.573 e. The number of aliphatic hydroxyl groups is 1. The number of para-hydroxylation sites is 1. The molecule has 0 saturated carbocycles. The summed E-state index contributed by atoms with van der Waals surface area (Å²) in [5.41, 5.74) is -0.810. The molecule has 0 spiro atoms. The van der Waals surface area contributed by atoms with Gasteiger partial charge in [-0.3, -0.25) is 0 Å². The van der Waals surface area contributed by atoms with Gasteiger partial charge in [-0.05, 0) is 54.6 Å². The van der Waals surface area contributed by atoms with E-state index >= 15 is 0 Å². The molecular weight excluding hydrogens is 419 g/mol. The Morgan fingerprint density at radius 2 is 1.25 bits per heavy atom. The Bertz CT molecular complexity index is 1050. The van der Waals surface area contributed by atoms with Crippen molar-refractivity contribution in [3.63, 3.8) is 0 Å². The first-order valence-corrected chi connectivity index (χ1v) is 10.2. The maximum atomic E-state index is 12.5. The minimum Gasteiger partial charge on any atom is -0.457 e. The van der Waals surface area contributed by atoms with Crippen molar-refractivity contribution in [2.75, 3.05) is 20.1 Å². The first-order chi connectivity index (χ1) is 15.1. The summed E-state index contributed by atoms with van der Waals surface area (Å²) < 4.78 is 47.5. The summed E-state index contributed by atoms with van der Waals surface area (Å²) >= 11 is 0. The molecule has 3 aromatic rings. The average Bonchev–Trinajstić information content (AvgIpc) is 2.73. The normalized spacial score (nSPS) is 17.8. The van der Waals surface area contributed by atoms with Gasteiger partial charge in [-0.1, -0.05) is 49.4 Å². The zero-order chi connectivity index (χ0) is 23.0. The molecule has 0 unspecified atom stereocenters. The van der Waals surface area contributed by atoms with Gasteiger partial charge >= 0.3 is 6.36 Å². The van der Waals surface area contributed by atoms with Crippen LogP contribution in [0.4, 0.5) is 13.2 Å². The lowest BCUT2D eigenvalue weighted by Gasteiger charge is -2.56. The van der Waals surface area contributed by atoms with Crippen LogP contribution in [-0.4, -0.2) is 36.5 Å². The lowest BCUT2D eigenvalue weighted by Crippen LogP contribution is -2.63. The number of nitrogens with zero attached hydrogens (tertiary/aromatic N) is 1. The fraction of sp³-hybridized carbons (Fsp3) is 0.280. The Balaban J connectivity index is 1.66. The number of ether oxygens (including phenoxy) is 2. The largest absolute Gasteiger partial charge is 0.573 e. The first-order valence-electron chi connectivity index (χ1n) is 10.2. The van der Waals surface area contributed by atoms with Gasteiger partial charge in [0.2, 0.25) is 0 Å². The third-order valence-corrected chi connectivity index (χ3v) is 5.87. The van der Waals surface area contributed by atoms with E-state index in [0.29, 0.717) is 35.7 Å². The summed E-state index contributed by atoms with van der Waals surface area (Å²) in [5, 5.41) is 12.0. The van der Waals surface area contributed by atoms with E-state index in [4.69, 9.17) is 4.74 Å². The molecule has 1 atom stereocenters. The highest BCUT2D eigenvalue weighted by molar-refractivity contribution is 5.44. The van der Waals surface area contributed by atoms with E-state index in [2.05, 4.69) is 9.64 Å². The molecule has 0 aliphatic carbocycles. The van der Waals surface area contributed by atoms with Crippen molar-refractivity contribution in [2.24, 2.45) is 5.41 Å². The first kappa shape index (κ1) is 22.2. The molecule has 32 heavy (non-hydrogen) atoms. The van der Waals surface area contributed by atoms with Gasteiger partial charge in [-0.15, -0.1) is 13.2 Å². The van der Waals surface area contributed by atoms with E-state index in [1.54, 1.807) is 24.3 Å². The molecule has 1 N–H and O–H groups in total. The second-order valence-electron chi connectivity index (χ2n) is 8.46. The molecular formula is C25H24F3NO3. The van der Waals surface area contributed by atoms with Crippen LogP contribution in [0.1, 0.15) is 18.1 Å². The van der Waals surface area contributed by atoms with Crippen LogP contribution in [0.3, 0.4) is 0 Å². The van der Waals surface area contributed by atoms with Crippen LogP contribution < -0.4 is 9.47 Å². The zero-order valence-corrected chi connectivity index (χ0v) is 17.8. The molecule has 4 nitrogen and oxygen atoms in total. The van der Waals surface area contributed by atoms with E-state index in [1.165, 1.54) is 24.3 Å². The SMILES string of the molecule is CN1CC(C)([C@](O)(c2ccc(Oc3ccccc3)cc2)c2ccc(OC(F)(F)F)cc2)C1. The predicted molar refractivity (Wildman–Crippen MR) is 115 cm³/mol. The number of hydrogen-bond acceptors (Lipinski definition) is 4. The standard InChI is InChI=1S/C25H24F3NO3/c1-23(16-29(2)17-23)24(30,19-10-14-22(15-11-19)32-25(26,27)28)18-8-12-21(13-9-18)31-20-6-4-3-5-7-20/h3-15,30H,16-17H2,1-2H3/t24-/m0/s1. The van der Waals surface area contributed by atoms with Gasteiger partial charge in [0, 0.05) is 18.5 Å². The monoisotopic (exact) mass is 443 g/mol. The Kier molecular flexibility index (Phi) is 5.65. The Morgan fingerprint density at radius 3 is 1.72 bits per heavy atom. The Labute approximate surface area is 184 Å². The van der Waals surface area contributed by atoms with Gasteiger partial charge in [0.25, 0.3) is 0 Å². The second kappa shape index (κ2) is 8.15. The van der Waals surface area contributed by atoms with Gasteiger partial charge in [-0.25, -0.2) is 0 Å². The molecule has 7 heteroatoms. The maximum absolute atomic E-state index is 12.5. The highest BCUT2D eigenvalue weighted by atomic mass is 19.4. The van der Waals surface area contributed by atoms with Crippen LogP contribution in [0.5, 0.6) is 17.2 Å².